The Bertz CT molecular complexity index is 11600. The van der Waals surface area contributed by atoms with Gasteiger partial charge in [0.2, 0.25) is 11.9 Å². The summed E-state index contributed by atoms with van der Waals surface area (Å²) in [6, 6.07) is 151. The van der Waals surface area contributed by atoms with Crippen molar-refractivity contribution in [1.29, 1.82) is 0 Å². The molecule has 13 aromatic heterocycles. The molecule has 35 rings (SSSR count). The summed E-state index contributed by atoms with van der Waals surface area (Å²) in [5.41, 5.74) is 29.4. The molecule has 0 fully saturated rings. The minimum absolute atomic E-state index is 0.629. The summed E-state index contributed by atoms with van der Waals surface area (Å²) in [4.78, 5) is 35.4. The molecule has 0 atom stereocenters. The Morgan fingerprint density at radius 2 is 0.585 bits per heavy atom. The average molecular weight is 1800 g/mol. The van der Waals surface area contributed by atoms with E-state index in [0.29, 0.717) is 23.4 Å². The summed E-state index contributed by atoms with van der Waals surface area (Å²) < 4.78 is 14.4. The van der Waals surface area contributed by atoms with E-state index in [-0.39, 0.29) is 0 Å². The zero-order valence-corrected chi connectivity index (χ0v) is 75.8. The molecular formula is C129H71N13. The Morgan fingerprint density at radius 1 is 0.183 bits per heavy atom. The van der Waals surface area contributed by atoms with Gasteiger partial charge in [-0.2, -0.15) is 4.98 Å². The summed E-state index contributed by atoms with van der Waals surface area (Å²) in [6.45, 7) is 0. The molecule has 142 heavy (non-hydrogen) atoms. The van der Waals surface area contributed by atoms with Crippen LogP contribution in [0.25, 0.3) is 318 Å². The molecule has 0 aliphatic heterocycles. The number of para-hydroxylation sites is 7. The zero-order valence-electron chi connectivity index (χ0n) is 75.8. The summed E-state index contributed by atoms with van der Waals surface area (Å²) in [5.74, 6) is 2.05. The molecule has 34 aromatic rings. The van der Waals surface area contributed by atoms with Crippen molar-refractivity contribution in [3.8, 4) is 62.6 Å². The van der Waals surface area contributed by atoms with Crippen molar-refractivity contribution in [3.63, 3.8) is 0 Å². The van der Waals surface area contributed by atoms with Gasteiger partial charge in [-0.05, 0) is 182 Å². The highest BCUT2D eigenvalue weighted by molar-refractivity contribution is 6.43. The van der Waals surface area contributed by atoms with Crippen LogP contribution < -0.4 is 0 Å². The van der Waals surface area contributed by atoms with E-state index in [0.717, 1.165) is 77.5 Å². The summed E-state index contributed by atoms with van der Waals surface area (Å²) in [7, 11) is 0. The maximum Gasteiger partial charge on any atom is 0.236 e. The van der Waals surface area contributed by atoms with Crippen LogP contribution in [0.5, 0.6) is 0 Å². The van der Waals surface area contributed by atoms with E-state index < -0.39 is 0 Å². The van der Waals surface area contributed by atoms with Gasteiger partial charge < -0.3 is 17.8 Å². The molecule has 0 saturated carbocycles. The predicted molar refractivity (Wildman–Crippen MR) is 589 cm³/mol. The lowest BCUT2D eigenvalue weighted by Gasteiger charge is -2.12. The van der Waals surface area contributed by atoms with Crippen molar-refractivity contribution in [2.75, 3.05) is 0 Å². The number of hydrogen-bond donors (Lipinski definition) is 0. The van der Waals surface area contributed by atoms with Crippen molar-refractivity contribution in [3.05, 3.63) is 431 Å². The molecule has 1 aliphatic carbocycles. The lowest BCUT2D eigenvalue weighted by atomic mass is 9.98. The molecule has 21 aromatic carbocycles. The highest BCUT2D eigenvalue weighted by Crippen LogP contribution is 2.55. The fraction of sp³-hybridized carbons (Fsp3) is 0. The highest BCUT2D eigenvalue weighted by atomic mass is 15.2. The van der Waals surface area contributed by atoms with Crippen LogP contribution in [0.4, 0.5) is 0 Å². The molecule has 0 amide bonds. The normalized spacial score (nSPS) is 12.5. The first-order valence-electron chi connectivity index (χ1n) is 48.4. The van der Waals surface area contributed by atoms with E-state index in [9.17, 15) is 0 Å². The molecule has 1 aliphatic rings. The van der Waals surface area contributed by atoms with Gasteiger partial charge in [-0.1, -0.05) is 291 Å². The quantitative estimate of drug-likeness (QED) is 0.168. The van der Waals surface area contributed by atoms with Gasteiger partial charge in [0.1, 0.15) is 0 Å². The molecule has 652 valence electrons. The molecule has 13 nitrogen and oxygen atoms in total. The lowest BCUT2D eigenvalue weighted by Crippen LogP contribution is -2.02. The van der Waals surface area contributed by atoms with Gasteiger partial charge in [0, 0.05) is 148 Å². The first-order chi connectivity index (χ1) is 70.5. The number of benzene rings is 21. The Kier molecular flexibility index (Phi) is 15.1. The second-order valence-electron chi connectivity index (χ2n) is 38.0. The number of hydrogen-bond acceptors (Lipinski definition) is 7. The van der Waals surface area contributed by atoms with E-state index in [4.69, 9.17) is 29.9 Å². The van der Waals surface area contributed by atoms with Crippen LogP contribution in [0.3, 0.4) is 0 Å². The molecule has 0 bridgehead atoms. The Balaban J connectivity index is 0.0000000954. The van der Waals surface area contributed by atoms with Gasteiger partial charge in [-0.15, -0.1) is 0 Å². The molecule has 0 saturated heterocycles. The zero-order chi connectivity index (χ0) is 92.1. The van der Waals surface area contributed by atoms with Crippen LogP contribution >= 0.6 is 0 Å². The maximum atomic E-state index is 5.39. The average Bonchev–Trinajstić information content (AvgIpc) is 1.52. The molecule has 0 N–H and O–H groups in total. The standard InChI is InChI=1S/C52H30N4.C42H22N4.C35H19N5/c1-2-13-34-29-35(22-21-31(34)11-1)50-39-16-5-8-18-42(39)53-52(54-50)33-23-26-36(27-24-33)55-44-20-10-7-17-40(44)48-46(55)30-41-38-15-6-9-19-43(38)56-45-28-25-32-12-3-4-14-37(32)47(45)49(48)51(41)56;1-2-11-24-23(10-1)20-21-34-37(24)39-38-29-15-6-8-19-33(29)46(35(38)22-30-26-13-5-7-18-32(26)45(34)41(30)39)42-43-31-17-9-16-27-25-12-3-4-14-28(25)40(44-42)36(27)31;1-2-10-22-20(8-1)15-16-28-30(22)32-31-24-12-4-6-14-27(24)40(35-37-19-21-9-7-17-36-34(21)38-35)29(31)18-25-23-11-3-5-13-26(23)39(28)33(25)32/h1-30H;1-22H;1-19H. The van der Waals surface area contributed by atoms with E-state index >= 15 is 0 Å². The first kappa shape index (κ1) is 75.9. The Labute approximate surface area is 805 Å². The first-order valence-corrected chi connectivity index (χ1v) is 48.4. The Morgan fingerprint density at radius 3 is 1.13 bits per heavy atom. The third-order valence-electron chi connectivity index (χ3n) is 30.9. The monoisotopic (exact) mass is 1800 g/mol. The van der Waals surface area contributed by atoms with Crippen LogP contribution in [-0.4, -0.2) is 61.8 Å². The maximum absolute atomic E-state index is 5.39. The lowest BCUT2D eigenvalue weighted by molar-refractivity contribution is 1.00. The van der Waals surface area contributed by atoms with Crippen molar-refractivity contribution >= 4 is 256 Å². The molecule has 13 heterocycles. The highest BCUT2D eigenvalue weighted by Gasteiger charge is 2.33. The largest absolute Gasteiger partial charge is 0.309 e. The summed E-state index contributed by atoms with van der Waals surface area (Å²) in [5, 5.41) is 35.8. The van der Waals surface area contributed by atoms with Gasteiger partial charge in [0.05, 0.1) is 105 Å². The van der Waals surface area contributed by atoms with Crippen LogP contribution in [-0.2, 0) is 0 Å². The van der Waals surface area contributed by atoms with Crippen molar-refractivity contribution in [1.82, 2.24) is 61.8 Å². The van der Waals surface area contributed by atoms with Gasteiger partial charge in [0.15, 0.2) is 11.5 Å². The summed E-state index contributed by atoms with van der Waals surface area (Å²) >= 11 is 0. The van der Waals surface area contributed by atoms with Crippen LogP contribution in [0, 0.1) is 0 Å². The fourth-order valence-electron chi connectivity index (χ4n) is 25.1. The minimum atomic E-state index is 0.629. The van der Waals surface area contributed by atoms with Crippen molar-refractivity contribution < 1.29 is 0 Å². The van der Waals surface area contributed by atoms with Crippen LogP contribution in [0.15, 0.2) is 431 Å². The molecular weight excluding hydrogens is 1730 g/mol. The van der Waals surface area contributed by atoms with Crippen LogP contribution in [0.2, 0.25) is 0 Å². The smallest absolute Gasteiger partial charge is 0.236 e. The number of nitrogens with zero attached hydrogens (tertiary/aromatic N) is 13. The fourth-order valence-corrected chi connectivity index (χ4v) is 25.1. The second kappa shape index (κ2) is 28.2. The minimum Gasteiger partial charge on any atom is -0.309 e. The van der Waals surface area contributed by atoms with E-state index in [1.807, 2.05) is 18.3 Å². The molecule has 0 unspecified atom stereocenters. The van der Waals surface area contributed by atoms with Crippen molar-refractivity contribution in [2.24, 2.45) is 0 Å². The van der Waals surface area contributed by atoms with Crippen molar-refractivity contribution in [2.45, 2.75) is 0 Å². The molecule has 13 heteroatoms. The molecule has 0 radical (unpaired) electrons. The van der Waals surface area contributed by atoms with E-state index in [1.54, 1.807) is 6.20 Å². The van der Waals surface area contributed by atoms with Gasteiger partial charge in [-0.25, -0.2) is 29.9 Å². The van der Waals surface area contributed by atoms with Gasteiger partial charge in [0.25, 0.3) is 0 Å². The van der Waals surface area contributed by atoms with Gasteiger partial charge >= 0.3 is 0 Å². The topological polar surface area (TPSA) is 118 Å². The summed E-state index contributed by atoms with van der Waals surface area (Å²) in [6.07, 6.45) is 3.66. The van der Waals surface area contributed by atoms with Gasteiger partial charge in [-0.3, -0.25) is 9.13 Å². The second-order valence-corrected chi connectivity index (χ2v) is 38.0. The SMILES string of the molecule is c1ccc2c(c1)-c1cccc3nc(-n4c5ccccc5c5c6c7c8ccccc8ccc7n7c8ccccc8c(cc54)c67)nc-2c13.c1ccc2cc(-c3nc(-c4ccc(-n5c6ccccc6c6c7c8c9ccccc9ccc8n8c9ccccc9c(cc65)c78)cc4)nc4ccccc34)ccc2c1.c1cnc2nc(-n3c4ccccc4c4c5c6c7ccccc7ccc6n6c7ccccc7c(cc43)c56)ncc2c1. The van der Waals surface area contributed by atoms with Crippen LogP contribution in [0.1, 0.15) is 0 Å². The van der Waals surface area contributed by atoms with E-state index in [1.165, 1.54) is 217 Å². The number of rotatable bonds is 5. The third-order valence-corrected chi connectivity index (χ3v) is 30.9. The third kappa shape index (κ3) is 10.1. The molecule has 0 spiro atoms. The Hall–Kier alpha value is -19.4. The van der Waals surface area contributed by atoms with E-state index in [2.05, 4.69) is 438 Å². The predicted octanol–water partition coefficient (Wildman–Crippen LogP) is 32.6. The number of aromatic nitrogens is 13. The number of fused-ring (bicyclic) bond motifs is 42. The number of pyridine rings is 1.